The van der Waals surface area contributed by atoms with Crippen LogP contribution in [0.4, 0.5) is 0 Å². The molecular weight excluding hydrogens is 698 g/mol. The van der Waals surface area contributed by atoms with Crippen LogP contribution < -0.4 is 0 Å². The van der Waals surface area contributed by atoms with Crippen molar-refractivity contribution in [2.24, 2.45) is 0 Å². The van der Waals surface area contributed by atoms with Crippen LogP contribution in [-0.4, -0.2) is 19.6 Å². The van der Waals surface area contributed by atoms with E-state index in [9.17, 15) is 5.11 Å². The monoisotopic (exact) mass is 723 g/mol. The van der Waals surface area contributed by atoms with E-state index in [-0.39, 0.29) is 26.8 Å². The number of hydrogen-bond acceptors (Lipinski definition) is 3. The van der Waals surface area contributed by atoms with Gasteiger partial charge in [-0.15, -0.1) is 29.8 Å². The Balaban J connectivity index is 0.00000316. The van der Waals surface area contributed by atoms with Gasteiger partial charge in [-0.25, -0.2) is 4.98 Å². The maximum Gasteiger partial charge on any atom is 0.148 e. The normalized spacial score (nSPS) is 10.9. The van der Waals surface area contributed by atoms with E-state index in [4.69, 9.17) is 9.97 Å². The summed E-state index contributed by atoms with van der Waals surface area (Å²) in [5.41, 5.74) is 9.41. The largest absolute Gasteiger partial charge is 0.507 e. The number of hydrogen-bond donors (Lipinski definition) is 1. The molecule has 2 aromatic heterocycles. The third-order valence-corrected chi connectivity index (χ3v) is 7.24. The third kappa shape index (κ3) is 5.30. The number of imidazole rings is 1. The van der Waals surface area contributed by atoms with Crippen LogP contribution in [0.3, 0.4) is 0 Å². The van der Waals surface area contributed by atoms with Crippen molar-refractivity contribution in [3.8, 4) is 45.2 Å². The van der Waals surface area contributed by atoms with Crippen LogP contribution in [0.1, 0.15) is 11.3 Å². The molecule has 4 nitrogen and oxygen atoms in total. The number of aromatic hydroxyl groups is 1. The van der Waals surface area contributed by atoms with E-state index < -0.39 is 0 Å². The predicted octanol–water partition coefficient (Wildman–Crippen LogP) is 8.52. The summed E-state index contributed by atoms with van der Waals surface area (Å²) in [7, 11) is 0. The molecule has 0 amide bonds. The zero-order chi connectivity index (χ0) is 27.6. The molecule has 0 saturated heterocycles. The molecule has 0 radical (unpaired) electrons. The molecule has 5 aromatic carbocycles. The molecule has 5 heteroatoms. The van der Waals surface area contributed by atoms with Crippen molar-refractivity contribution in [3.05, 3.63) is 157 Å². The third-order valence-electron chi connectivity index (χ3n) is 7.24. The summed E-state index contributed by atoms with van der Waals surface area (Å²) in [6.07, 6.45) is 0.777. The van der Waals surface area contributed by atoms with Gasteiger partial charge < -0.3 is 5.11 Å². The van der Waals surface area contributed by atoms with Gasteiger partial charge in [0.15, 0.2) is 0 Å². The molecule has 0 aliphatic heterocycles. The zero-order valence-corrected chi connectivity index (χ0v) is 24.9. The number of pyridine rings is 1. The molecule has 0 bridgehead atoms. The Morgan fingerprint density at radius 1 is 0.595 bits per heavy atom. The van der Waals surface area contributed by atoms with E-state index in [0.29, 0.717) is 11.4 Å². The van der Waals surface area contributed by atoms with Crippen molar-refractivity contribution in [2.75, 3.05) is 0 Å². The standard InChI is InChI=1S/C37H26N3O.Pt/c41-35-23-8-7-19-32(35)37-39-36-31(20-11-22-34(36)40(37)30-17-5-2-6-18-30)27-14-9-15-28(25-27)33-21-10-16-29(38-33)24-26-12-3-1-4-13-26;/h1-23,41H,24H2;/q-1;. The number of phenolic OH excluding ortho intramolecular Hbond substituents is 1. The molecule has 2 heterocycles. The summed E-state index contributed by atoms with van der Waals surface area (Å²) in [5.74, 6) is 0.875. The second kappa shape index (κ2) is 12.0. The van der Waals surface area contributed by atoms with E-state index in [1.165, 1.54) is 5.56 Å². The fourth-order valence-electron chi connectivity index (χ4n) is 5.31. The molecule has 7 aromatic rings. The Labute approximate surface area is 259 Å². The first-order valence-electron chi connectivity index (χ1n) is 13.6. The van der Waals surface area contributed by atoms with E-state index in [1.807, 2.05) is 66.7 Å². The summed E-state index contributed by atoms with van der Waals surface area (Å²) >= 11 is 0. The molecule has 0 spiro atoms. The average molecular weight is 724 g/mol. The quantitative estimate of drug-likeness (QED) is 0.175. The minimum atomic E-state index is 0. The van der Waals surface area contributed by atoms with Crippen LogP contribution in [-0.2, 0) is 27.5 Å². The topological polar surface area (TPSA) is 50.9 Å². The number of phenols is 1. The van der Waals surface area contributed by atoms with E-state index >= 15 is 0 Å². The van der Waals surface area contributed by atoms with E-state index in [2.05, 4.69) is 77.4 Å². The van der Waals surface area contributed by atoms with Gasteiger partial charge in [0, 0.05) is 44.6 Å². The first-order chi connectivity index (χ1) is 20.2. The summed E-state index contributed by atoms with van der Waals surface area (Å²) in [6, 6.07) is 50.0. The van der Waals surface area contributed by atoms with Crippen LogP contribution in [0.25, 0.3) is 50.5 Å². The Bertz CT molecular complexity index is 1980. The Morgan fingerprint density at radius 2 is 1.26 bits per heavy atom. The van der Waals surface area contributed by atoms with E-state index in [1.54, 1.807) is 6.07 Å². The first kappa shape index (κ1) is 27.4. The minimum Gasteiger partial charge on any atom is -0.507 e. The Hall–Kier alpha value is -4.79. The van der Waals surface area contributed by atoms with Gasteiger partial charge in [-0.3, -0.25) is 9.55 Å². The van der Waals surface area contributed by atoms with Crippen molar-refractivity contribution in [2.45, 2.75) is 6.42 Å². The van der Waals surface area contributed by atoms with E-state index in [0.717, 1.165) is 51.2 Å². The molecule has 0 unspecified atom stereocenters. The number of rotatable bonds is 6. The number of para-hydroxylation sites is 3. The Morgan fingerprint density at radius 3 is 2.07 bits per heavy atom. The van der Waals surface area contributed by atoms with Crippen LogP contribution in [0.5, 0.6) is 5.75 Å². The van der Waals surface area contributed by atoms with Gasteiger partial charge in [-0.05, 0) is 42.0 Å². The first-order valence-corrected chi connectivity index (χ1v) is 13.6. The molecule has 42 heavy (non-hydrogen) atoms. The summed E-state index contributed by atoms with van der Waals surface area (Å²) in [6.45, 7) is 0. The molecule has 7 rings (SSSR count). The second-order valence-electron chi connectivity index (χ2n) is 9.95. The minimum absolute atomic E-state index is 0. The zero-order valence-electron chi connectivity index (χ0n) is 22.6. The number of nitrogens with zero attached hydrogens (tertiary/aromatic N) is 3. The molecule has 0 aliphatic rings. The second-order valence-corrected chi connectivity index (χ2v) is 9.95. The van der Waals surface area contributed by atoms with Gasteiger partial charge in [-0.1, -0.05) is 96.1 Å². The summed E-state index contributed by atoms with van der Waals surface area (Å²) in [4.78, 5) is 10.1. The SMILES string of the molecule is Oc1ccccc1-c1nc2c(-c3[c-]c(-c4cccc(Cc5ccccc5)n4)ccc3)cccc2n1-c1ccccc1.[Pt]. The fourth-order valence-corrected chi connectivity index (χ4v) is 5.31. The van der Waals surface area contributed by atoms with Crippen molar-refractivity contribution in [1.82, 2.24) is 14.5 Å². The molecule has 0 aliphatic carbocycles. The van der Waals surface area contributed by atoms with Gasteiger partial charge in [0.25, 0.3) is 0 Å². The molecule has 206 valence electrons. The predicted molar refractivity (Wildman–Crippen MR) is 165 cm³/mol. The van der Waals surface area contributed by atoms with Gasteiger partial charge in [0.05, 0.1) is 16.6 Å². The molecular formula is C37H26N3OPt-. The average Bonchev–Trinajstić information content (AvgIpc) is 3.42. The van der Waals surface area contributed by atoms with Crippen LogP contribution in [0, 0.1) is 6.07 Å². The molecule has 0 fully saturated rings. The Kier molecular flexibility index (Phi) is 7.81. The van der Waals surface area contributed by atoms with Crippen molar-refractivity contribution in [3.63, 3.8) is 0 Å². The van der Waals surface area contributed by atoms with Crippen molar-refractivity contribution < 1.29 is 26.2 Å². The smallest absolute Gasteiger partial charge is 0.148 e. The molecule has 1 N–H and O–H groups in total. The van der Waals surface area contributed by atoms with Gasteiger partial charge in [-0.2, -0.15) is 0 Å². The van der Waals surface area contributed by atoms with Crippen molar-refractivity contribution in [1.29, 1.82) is 0 Å². The van der Waals surface area contributed by atoms with Gasteiger partial charge in [0.2, 0.25) is 0 Å². The maximum absolute atomic E-state index is 10.8. The van der Waals surface area contributed by atoms with Crippen LogP contribution in [0.15, 0.2) is 140 Å². The molecule has 0 atom stereocenters. The summed E-state index contributed by atoms with van der Waals surface area (Å²) in [5, 5.41) is 10.8. The van der Waals surface area contributed by atoms with Gasteiger partial charge in [0.1, 0.15) is 11.6 Å². The number of fused-ring (bicyclic) bond motifs is 1. The van der Waals surface area contributed by atoms with Crippen LogP contribution >= 0.6 is 0 Å². The van der Waals surface area contributed by atoms with Gasteiger partial charge >= 0.3 is 0 Å². The maximum atomic E-state index is 10.8. The number of benzene rings is 5. The van der Waals surface area contributed by atoms with Crippen molar-refractivity contribution >= 4 is 11.0 Å². The molecule has 0 saturated carbocycles. The number of aromatic nitrogens is 3. The van der Waals surface area contributed by atoms with Crippen LogP contribution in [0.2, 0.25) is 0 Å². The fraction of sp³-hybridized carbons (Fsp3) is 0.0270. The summed E-state index contributed by atoms with van der Waals surface area (Å²) < 4.78 is 2.10.